The van der Waals surface area contributed by atoms with Crippen molar-refractivity contribution in [3.63, 3.8) is 0 Å². The molecule has 11 nitrogen and oxygen atoms in total. The maximum Gasteiger partial charge on any atom is 0.338 e. The monoisotopic (exact) mass is 594 g/mol. The number of hydrogen-bond donors (Lipinski definition) is 0. The Balaban J connectivity index is 1.91. The molecule has 2 heterocycles. The molecular weight excluding hydrogens is 564 g/mol. The van der Waals surface area contributed by atoms with Crippen LogP contribution in [0.25, 0.3) is 6.08 Å². The van der Waals surface area contributed by atoms with E-state index in [-0.39, 0.29) is 35.0 Å². The molecule has 0 unspecified atom stereocenters. The summed E-state index contributed by atoms with van der Waals surface area (Å²) in [5.74, 6) is -0.548. The SMILES string of the molecule is CCOC(=O)C1=C(C)N=c2s/c(=C/c3ccc(OC(C)=O)c(OCC)c3)c(=O)n2[C@@H]1c1ccc(OC(C)=O)c(OC)c1. The number of carbonyl (C=O) groups excluding carboxylic acids is 3. The number of esters is 3. The molecule has 42 heavy (non-hydrogen) atoms. The van der Waals surface area contributed by atoms with E-state index in [1.165, 1.54) is 25.5 Å². The Morgan fingerprint density at radius 1 is 0.952 bits per heavy atom. The Hall–Kier alpha value is -4.71. The highest BCUT2D eigenvalue weighted by Gasteiger charge is 2.34. The van der Waals surface area contributed by atoms with Crippen molar-refractivity contribution in [2.75, 3.05) is 20.3 Å². The summed E-state index contributed by atoms with van der Waals surface area (Å²) in [4.78, 5) is 55.1. The maximum atomic E-state index is 13.9. The molecule has 0 N–H and O–H groups in total. The van der Waals surface area contributed by atoms with Gasteiger partial charge in [-0.15, -0.1) is 0 Å². The lowest BCUT2D eigenvalue weighted by molar-refractivity contribution is -0.139. The highest BCUT2D eigenvalue weighted by atomic mass is 32.1. The van der Waals surface area contributed by atoms with Crippen LogP contribution in [0.4, 0.5) is 0 Å². The minimum absolute atomic E-state index is 0.132. The number of fused-ring (bicyclic) bond motifs is 1. The summed E-state index contributed by atoms with van der Waals surface area (Å²) in [6.45, 7) is 8.23. The van der Waals surface area contributed by atoms with E-state index in [1.54, 1.807) is 63.2 Å². The van der Waals surface area contributed by atoms with Gasteiger partial charge in [-0.25, -0.2) is 9.79 Å². The third kappa shape index (κ3) is 6.28. The van der Waals surface area contributed by atoms with Crippen LogP contribution >= 0.6 is 11.3 Å². The van der Waals surface area contributed by atoms with Crippen molar-refractivity contribution < 1.29 is 38.1 Å². The van der Waals surface area contributed by atoms with Crippen LogP contribution in [0.15, 0.2) is 57.5 Å². The number of hydrogen-bond acceptors (Lipinski definition) is 11. The van der Waals surface area contributed by atoms with Gasteiger partial charge >= 0.3 is 17.9 Å². The van der Waals surface area contributed by atoms with E-state index in [4.69, 9.17) is 23.7 Å². The minimum Gasteiger partial charge on any atom is -0.493 e. The second kappa shape index (κ2) is 12.9. The van der Waals surface area contributed by atoms with Gasteiger partial charge in [0.15, 0.2) is 27.8 Å². The van der Waals surface area contributed by atoms with Gasteiger partial charge in [-0.3, -0.25) is 19.0 Å². The fraction of sp³-hybridized carbons (Fsp3) is 0.300. The van der Waals surface area contributed by atoms with Gasteiger partial charge in [-0.1, -0.05) is 23.5 Å². The molecule has 220 valence electrons. The summed E-state index contributed by atoms with van der Waals surface area (Å²) in [6.07, 6.45) is 1.68. The smallest absolute Gasteiger partial charge is 0.338 e. The lowest BCUT2D eigenvalue weighted by Crippen LogP contribution is -2.40. The molecule has 1 aliphatic rings. The van der Waals surface area contributed by atoms with E-state index in [2.05, 4.69) is 4.99 Å². The average Bonchev–Trinajstić information content (AvgIpc) is 3.23. The molecule has 0 saturated carbocycles. The number of carbonyl (C=O) groups is 3. The standard InChI is InChI=1S/C30H30N2O9S/c1-7-38-24-13-19(9-11-22(24)41-18(5)34)14-25-28(35)32-27(20-10-12-21(40-17(4)33)23(15-20)37-6)26(29(36)39-8-2)16(3)31-30(32)42-25/h9-15,27H,7-8H2,1-6H3/b25-14+/t27-/m1/s1. The van der Waals surface area contributed by atoms with E-state index < -0.39 is 23.9 Å². The number of aromatic nitrogens is 1. The highest BCUT2D eigenvalue weighted by Crippen LogP contribution is 2.36. The molecule has 0 spiro atoms. The van der Waals surface area contributed by atoms with E-state index in [9.17, 15) is 19.2 Å². The first-order chi connectivity index (χ1) is 20.1. The quantitative estimate of drug-likeness (QED) is 0.271. The van der Waals surface area contributed by atoms with Crippen LogP contribution in [0, 0.1) is 0 Å². The van der Waals surface area contributed by atoms with Gasteiger partial charge in [0.05, 0.1) is 42.2 Å². The zero-order valence-corrected chi connectivity index (χ0v) is 24.8. The predicted octanol–water partition coefficient (Wildman–Crippen LogP) is 3.06. The summed E-state index contributed by atoms with van der Waals surface area (Å²) in [5.41, 5.74) is 1.37. The molecule has 1 atom stereocenters. The molecule has 3 aromatic rings. The van der Waals surface area contributed by atoms with Crippen LogP contribution in [0.5, 0.6) is 23.0 Å². The summed E-state index contributed by atoms with van der Waals surface area (Å²) in [6, 6.07) is 8.88. The Morgan fingerprint density at radius 3 is 2.24 bits per heavy atom. The normalized spacial score (nSPS) is 14.5. The Bertz CT molecular complexity index is 1770. The number of benzene rings is 2. The maximum absolute atomic E-state index is 13.9. The summed E-state index contributed by atoms with van der Waals surface area (Å²) in [5, 5.41) is 0. The van der Waals surface area contributed by atoms with Crippen molar-refractivity contribution in [2.45, 2.75) is 40.7 Å². The average molecular weight is 595 g/mol. The van der Waals surface area contributed by atoms with Crippen molar-refractivity contribution in [3.8, 4) is 23.0 Å². The van der Waals surface area contributed by atoms with E-state index in [0.29, 0.717) is 38.5 Å². The first-order valence-corrected chi connectivity index (χ1v) is 13.9. The molecule has 1 aromatic heterocycles. The first kappa shape index (κ1) is 30.3. The van der Waals surface area contributed by atoms with Gasteiger partial charge in [-0.05, 0) is 62.2 Å². The van der Waals surface area contributed by atoms with Gasteiger partial charge in [0.2, 0.25) is 0 Å². The molecule has 12 heteroatoms. The molecule has 2 aromatic carbocycles. The second-order valence-electron chi connectivity index (χ2n) is 9.04. The van der Waals surface area contributed by atoms with Gasteiger partial charge in [0.1, 0.15) is 0 Å². The van der Waals surface area contributed by atoms with Gasteiger partial charge in [0.25, 0.3) is 5.56 Å². The molecule has 1 aliphatic heterocycles. The fourth-order valence-corrected chi connectivity index (χ4v) is 5.52. The first-order valence-electron chi connectivity index (χ1n) is 13.1. The lowest BCUT2D eigenvalue weighted by atomic mass is 9.95. The lowest BCUT2D eigenvalue weighted by Gasteiger charge is -2.25. The molecule has 0 bridgehead atoms. The fourth-order valence-electron chi connectivity index (χ4n) is 4.47. The van der Waals surface area contributed by atoms with Crippen molar-refractivity contribution in [1.82, 2.24) is 4.57 Å². The van der Waals surface area contributed by atoms with Crippen molar-refractivity contribution in [2.24, 2.45) is 4.99 Å². The van der Waals surface area contributed by atoms with Crippen molar-refractivity contribution >= 4 is 35.3 Å². The van der Waals surface area contributed by atoms with Crippen LogP contribution in [0.3, 0.4) is 0 Å². The van der Waals surface area contributed by atoms with E-state index >= 15 is 0 Å². The van der Waals surface area contributed by atoms with Gasteiger partial charge in [0, 0.05) is 13.8 Å². The largest absolute Gasteiger partial charge is 0.493 e. The summed E-state index contributed by atoms with van der Waals surface area (Å²) < 4.78 is 28.7. The van der Waals surface area contributed by atoms with Crippen LogP contribution < -0.4 is 33.8 Å². The topological polar surface area (TPSA) is 132 Å². The van der Waals surface area contributed by atoms with Crippen LogP contribution in [-0.2, 0) is 19.1 Å². The molecule has 0 fully saturated rings. The Labute approximate surface area is 245 Å². The van der Waals surface area contributed by atoms with Crippen LogP contribution in [0.2, 0.25) is 0 Å². The number of methoxy groups -OCH3 is 1. The van der Waals surface area contributed by atoms with Gasteiger partial charge in [-0.2, -0.15) is 0 Å². The third-order valence-electron chi connectivity index (χ3n) is 6.09. The number of allylic oxidation sites excluding steroid dienone is 1. The Morgan fingerprint density at radius 2 is 1.62 bits per heavy atom. The zero-order valence-electron chi connectivity index (χ0n) is 24.0. The van der Waals surface area contributed by atoms with E-state index in [0.717, 1.165) is 11.3 Å². The molecular formula is C30H30N2O9S. The van der Waals surface area contributed by atoms with E-state index in [1.807, 2.05) is 0 Å². The zero-order chi connectivity index (χ0) is 30.6. The third-order valence-corrected chi connectivity index (χ3v) is 7.08. The van der Waals surface area contributed by atoms with Crippen molar-refractivity contribution in [3.05, 3.63) is 78.5 Å². The molecule has 0 aliphatic carbocycles. The number of ether oxygens (including phenoxy) is 5. The van der Waals surface area contributed by atoms with Gasteiger partial charge < -0.3 is 23.7 Å². The number of thiazole rings is 1. The molecule has 0 amide bonds. The van der Waals surface area contributed by atoms with Crippen molar-refractivity contribution in [1.29, 1.82) is 0 Å². The highest BCUT2D eigenvalue weighted by molar-refractivity contribution is 7.07. The molecule has 4 rings (SSSR count). The second-order valence-corrected chi connectivity index (χ2v) is 10.0. The number of nitrogens with zero attached hydrogens (tertiary/aromatic N) is 2. The summed E-state index contributed by atoms with van der Waals surface area (Å²) in [7, 11) is 1.42. The predicted molar refractivity (Wildman–Crippen MR) is 154 cm³/mol. The molecule has 0 saturated heterocycles. The summed E-state index contributed by atoms with van der Waals surface area (Å²) >= 11 is 1.16. The molecule has 0 radical (unpaired) electrons. The number of rotatable bonds is 9. The Kier molecular flexibility index (Phi) is 9.26. The van der Waals surface area contributed by atoms with Crippen LogP contribution in [-0.4, -0.2) is 42.8 Å². The van der Waals surface area contributed by atoms with Crippen LogP contribution in [0.1, 0.15) is 51.8 Å². The minimum atomic E-state index is -0.895.